The van der Waals surface area contributed by atoms with Crippen LogP contribution in [0.3, 0.4) is 0 Å². The van der Waals surface area contributed by atoms with Crippen molar-refractivity contribution in [3.8, 4) is 11.4 Å². The summed E-state index contributed by atoms with van der Waals surface area (Å²) in [7, 11) is -2.17. The molecule has 0 radical (unpaired) electrons. The molecule has 7 heteroatoms. The third-order valence-electron chi connectivity index (χ3n) is 4.25. The fourth-order valence-corrected chi connectivity index (χ4v) is 4.02. The lowest BCUT2D eigenvalue weighted by Gasteiger charge is -2.21. The molecule has 0 saturated heterocycles. The second-order valence-corrected chi connectivity index (χ2v) is 8.09. The summed E-state index contributed by atoms with van der Waals surface area (Å²) < 4.78 is 32.7. The van der Waals surface area contributed by atoms with Gasteiger partial charge in [-0.2, -0.15) is 4.98 Å². The largest absolute Gasteiger partial charge is 0.339 e. The number of hydrogen-bond acceptors (Lipinski definition) is 5. The van der Waals surface area contributed by atoms with E-state index in [4.69, 9.17) is 4.52 Å². The second-order valence-electron chi connectivity index (χ2n) is 6.15. The van der Waals surface area contributed by atoms with Gasteiger partial charge in [0.15, 0.2) is 0 Å². The van der Waals surface area contributed by atoms with Gasteiger partial charge in [-0.3, -0.25) is 4.31 Å². The first-order valence-corrected chi connectivity index (χ1v) is 9.76. The molecule has 0 unspecified atom stereocenters. The molecule has 136 valence electrons. The van der Waals surface area contributed by atoms with Gasteiger partial charge in [-0.05, 0) is 37.6 Å². The van der Waals surface area contributed by atoms with Crippen LogP contribution in [0, 0.1) is 13.8 Å². The van der Waals surface area contributed by atoms with E-state index >= 15 is 0 Å². The quantitative estimate of drug-likeness (QED) is 0.683. The molecule has 0 saturated carbocycles. The fraction of sp³-hybridized carbons (Fsp3) is 0.263. The van der Waals surface area contributed by atoms with Gasteiger partial charge in [-0.1, -0.05) is 41.9 Å². The van der Waals surface area contributed by atoms with Crippen LogP contribution in [0.1, 0.15) is 23.9 Å². The van der Waals surface area contributed by atoms with Gasteiger partial charge in [0.1, 0.15) is 0 Å². The van der Waals surface area contributed by atoms with Gasteiger partial charge in [0.05, 0.1) is 10.6 Å². The van der Waals surface area contributed by atoms with Crippen molar-refractivity contribution >= 4 is 15.7 Å². The van der Waals surface area contributed by atoms with Crippen LogP contribution in [-0.2, 0) is 16.4 Å². The Morgan fingerprint density at radius 2 is 1.77 bits per heavy atom. The molecule has 26 heavy (non-hydrogen) atoms. The Hall–Kier alpha value is -2.67. The highest BCUT2D eigenvalue weighted by Crippen LogP contribution is 2.28. The summed E-state index contributed by atoms with van der Waals surface area (Å²) in [6, 6.07) is 12.5. The predicted octanol–water partition coefficient (Wildman–Crippen LogP) is 3.74. The van der Waals surface area contributed by atoms with Gasteiger partial charge in [-0.15, -0.1) is 0 Å². The number of aryl methyl sites for hydroxylation is 3. The average Bonchev–Trinajstić information content (AvgIpc) is 3.11. The number of rotatable bonds is 5. The molecule has 0 aliphatic rings. The van der Waals surface area contributed by atoms with Crippen molar-refractivity contribution in [3.63, 3.8) is 0 Å². The maximum Gasteiger partial charge on any atom is 0.264 e. The van der Waals surface area contributed by atoms with Crippen LogP contribution in [-0.4, -0.2) is 25.6 Å². The van der Waals surface area contributed by atoms with Crippen LogP contribution in [0.15, 0.2) is 51.9 Å². The predicted molar refractivity (Wildman–Crippen MR) is 101 cm³/mol. The van der Waals surface area contributed by atoms with Crippen LogP contribution in [0.2, 0.25) is 0 Å². The maximum atomic E-state index is 13.1. The number of nitrogens with zero attached hydrogens (tertiary/aromatic N) is 3. The summed E-state index contributed by atoms with van der Waals surface area (Å²) in [4.78, 5) is 4.50. The lowest BCUT2D eigenvalue weighted by molar-refractivity contribution is 0.383. The third-order valence-corrected chi connectivity index (χ3v) is 6.18. The normalized spacial score (nSPS) is 11.5. The van der Waals surface area contributed by atoms with E-state index in [9.17, 15) is 8.42 Å². The van der Waals surface area contributed by atoms with Crippen molar-refractivity contribution < 1.29 is 12.9 Å². The Balaban J connectivity index is 2.03. The maximum absolute atomic E-state index is 13.1. The standard InChI is InChI=1S/C19H21N3O3S/c1-5-18-20-19(21-25-18)15-9-8-14(3)17(12-15)26(23,24)22(4)16-10-6-13(2)7-11-16/h6-12H,5H2,1-4H3. The van der Waals surface area contributed by atoms with E-state index in [1.807, 2.05) is 26.0 Å². The second kappa shape index (κ2) is 6.92. The summed E-state index contributed by atoms with van der Waals surface area (Å²) >= 11 is 0. The van der Waals surface area contributed by atoms with Gasteiger partial charge in [0.25, 0.3) is 10.0 Å². The highest BCUT2D eigenvalue weighted by atomic mass is 32.2. The molecule has 0 atom stereocenters. The summed E-state index contributed by atoms with van der Waals surface area (Å²) in [5.74, 6) is 0.901. The number of hydrogen-bond donors (Lipinski definition) is 0. The molecule has 0 amide bonds. The molecule has 0 N–H and O–H groups in total. The summed E-state index contributed by atoms with van der Waals surface area (Å²) in [5, 5.41) is 3.93. The van der Waals surface area contributed by atoms with Crippen molar-refractivity contribution in [1.29, 1.82) is 0 Å². The van der Waals surface area contributed by atoms with E-state index in [0.717, 1.165) is 5.56 Å². The van der Waals surface area contributed by atoms with Crippen molar-refractivity contribution in [2.24, 2.45) is 0 Å². The van der Waals surface area contributed by atoms with Crippen LogP contribution < -0.4 is 4.31 Å². The van der Waals surface area contributed by atoms with Crippen molar-refractivity contribution in [3.05, 3.63) is 59.5 Å². The first kappa shape index (κ1) is 18.1. The molecule has 3 aromatic rings. The van der Waals surface area contributed by atoms with E-state index in [2.05, 4.69) is 10.1 Å². The number of aromatic nitrogens is 2. The molecule has 1 heterocycles. The van der Waals surface area contributed by atoms with Gasteiger partial charge < -0.3 is 4.52 Å². The first-order chi connectivity index (χ1) is 12.3. The summed E-state index contributed by atoms with van der Waals surface area (Å²) in [5.41, 5.74) is 2.94. The smallest absolute Gasteiger partial charge is 0.264 e. The van der Waals surface area contributed by atoms with Crippen molar-refractivity contribution in [1.82, 2.24) is 10.1 Å². The summed E-state index contributed by atoms with van der Waals surface area (Å²) in [6.45, 7) is 5.65. The minimum atomic E-state index is -3.72. The minimum Gasteiger partial charge on any atom is -0.339 e. The lowest BCUT2D eigenvalue weighted by Crippen LogP contribution is -2.27. The Morgan fingerprint density at radius 3 is 2.38 bits per heavy atom. The van der Waals surface area contributed by atoms with E-state index in [1.54, 1.807) is 44.3 Å². The SMILES string of the molecule is CCc1nc(-c2ccc(C)c(S(=O)(=O)N(C)c3ccc(C)cc3)c2)no1. The number of anilines is 1. The minimum absolute atomic E-state index is 0.223. The Kier molecular flexibility index (Phi) is 4.82. The molecular weight excluding hydrogens is 350 g/mol. The zero-order chi connectivity index (χ0) is 18.9. The molecule has 3 rings (SSSR count). The highest BCUT2D eigenvalue weighted by molar-refractivity contribution is 7.92. The molecule has 2 aromatic carbocycles. The van der Waals surface area contributed by atoms with Crippen molar-refractivity contribution in [2.45, 2.75) is 32.1 Å². The van der Waals surface area contributed by atoms with Gasteiger partial charge in [0, 0.05) is 19.0 Å². The third kappa shape index (κ3) is 3.35. The first-order valence-electron chi connectivity index (χ1n) is 8.32. The number of benzene rings is 2. The van der Waals surface area contributed by atoms with Gasteiger partial charge in [-0.25, -0.2) is 8.42 Å². The average molecular weight is 371 g/mol. The number of sulfonamides is 1. The molecule has 0 bridgehead atoms. The lowest BCUT2D eigenvalue weighted by atomic mass is 10.1. The molecule has 1 aromatic heterocycles. The molecule has 0 spiro atoms. The van der Waals surface area contributed by atoms with Gasteiger partial charge in [0.2, 0.25) is 11.7 Å². The van der Waals surface area contributed by atoms with Crippen LogP contribution in [0.5, 0.6) is 0 Å². The van der Waals surface area contributed by atoms with E-state index in [1.165, 1.54) is 4.31 Å². The Morgan fingerprint density at radius 1 is 1.08 bits per heavy atom. The Labute approximate surface area is 153 Å². The van der Waals surface area contributed by atoms with E-state index < -0.39 is 10.0 Å². The zero-order valence-corrected chi connectivity index (χ0v) is 16.0. The molecule has 0 aliphatic heterocycles. The van der Waals surface area contributed by atoms with Gasteiger partial charge >= 0.3 is 0 Å². The fourth-order valence-electron chi connectivity index (χ4n) is 2.57. The zero-order valence-electron chi connectivity index (χ0n) is 15.2. The van der Waals surface area contributed by atoms with Crippen LogP contribution >= 0.6 is 0 Å². The van der Waals surface area contributed by atoms with Crippen LogP contribution in [0.4, 0.5) is 5.69 Å². The summed E-state index contributed by atoms with van der Waals surface area (Å²) in [6.07, 6.45) is 0.625. The topological polar surface area (TPSA) is 76.3 Å². The molecular formula is C19H21N3O3S. The van der Waals surface area contributed by atoms with E-state index in [0.29, 0.717) is 35.0 Å². The van der Waals surface area contributed by atoms with Crippen molar-refractivity contribution in [2.75, 3.05) is 11.4 Å². The van der Waals surface area contributed by atoms with E-state index in [-0.39, 0.29) is 4.90 Å². The Bertz CT molecular complexity index is 1020. The van der Waals surface area contributed by atoms with Crippen LogP contribution in [0.25, 0.3) is 11.4 Å². The molecule has 6 nitrogen and oxygen atoms in total. The molecule has 0 aliphatic carbocycles. The monoisotopic (exact) mass is 371 g/mol. The molecule has 0 fully saturated rings. The highest BCUT2D eigenvalue weighted by Gasteiger charge is 2.24.